The van der Waals surface area contributed by atoms with Gasteiger partial charge in [0.15, 0.2) is 28.4 Å². The molecule has 0 N–H and O–H groups in total. The zero-order valence-electron chi connectivity index (χ0n) is 15.5. The van der Waals surface area contributed by atoms with Gasteiger partial charge in [-0.15, -0.1) is 10.2 Å². The molecule has 5 nitrogen and oxygen atoms in total. The molecule has 12 heteroatoms. The van der Waals surface area contributed by atoms with Crippen molar-refractivity contribution in [1.29, 1.82) is 0 Å². The summed E-state index contributed by atoms with van der Waals surface area (Å²) in [5.41, 5.74) is -0.444. The van der Waals surface area contributed by atoms with E-state index in [4.69, 9.17) is 11.6 Å². The molecule has 160 valence electrons. The standard InChI is InChI=1S/C19H10ClF5N4OS/c1-8-10(20)3-2-4-11(8)28-5-6-29-17(18(28)30)26-27-19(29)31-7-9-12(21)14(23)16(25)15(24)13(9)22/h2-6H,7H2,1H3. The quantitative estimate of drug-likeness (QED) is 0.185. The van der Waals surface area contributed by atoms with Crippen LogP contribution in [0.2, 0.25) is 5.02 Å². The molecular weight excluding hydrogens is 463 g/mol. The van der Waals surface area contributed by atoms with Gasteiger partial charge in [0.2, 0.25) is 11.5 Å². The Kier molecular flexibility index (Phi) is 5.48. The molecule has 0 amide bonds. The Labute approximate surface area is 180 Å². The van der Waals surface area contributed by atoms with Crippen molar-refractivity contribution in [1.82, 2.24) is 19.2 Å². The molecule has 0 aliphatic heterocycles. The van der Waals surface area contributed by atoms with E-state index in [1.54, 1.807) is 25.1 Å². The fourth-order valence-corrected chi connectivity index (χ4v) is 4.01. The maximum Gasteiger partial charge on any atom is 0.300 e. The molecule has 31 heavy (non-hydrogen) atoms. The van der Waals surface area contributed by atoms with Crippen molar-refractivity contribution in [2.24, 2.45) is 0 Å². The summed E-state index contributed by atoms with van der Waals surface area (Å²) in [6, 6.07) is 5.04. The van der Waals surface area contributed by atoms with Crippen LogP contribution >= 0.6 is 23.4 Å². The molecule has 0 saturated heterocycles. The molecule has 0 bridgehead atoms. The van der Waals surface area contributed by atoms with Gasteiger partial charge in [0.1, 0.15) is 0 Å². The van der Waals surface area contributed by atoms with Crippen molar-refractivity contribution in [3.8, 4) is 5.69 Å². The van der Waals surface area contributed by atoms with E-state index in [1.165, 1.54) is 21.4 Å². The number of fused-ring (bicyclic) bond motifs is 1. The molecule has 2 aromatic heterocycles. The van der Waals surface area contributed by atoms with Crippen molar-refractivity contribution < 1.29 is 22.0 Å². The van der Waals surface area contributed by atoms with Crippen LogP contribution in [0.5, 0.6) is 0 Å². The molecule has 2 heterocycles. The lowest BCUT2D eigenvalue weighted by molar-refractivity contribution is 0.372. The normalized spacial score (nSPS) is 11.5. The second kappa shape index (κ2) is 7.97. The highest BCUT2D eigenvalue weighted by Gasteiger charge is 2.26. The van der Waals surface area contributed by atoms with Gasteiger partial charge in [-0.05, 0) is 24.6 Å². The zero-order valence-corrected chi connectivity index (χ0v) is 17.0. The van der Waals surface area contributed by atoms with Crippen molar-refractivity contribution >= 4 is 29.0 Å². The summed E-state index contributed by atoms with van der Waals surface area (Å²) in [5.74, 6) is -10.7. The largest absolute Gasteiger partial charge is 0.300 e. The van der Waals surface area contributed by atoms with Crippen LogP contribution in [0.15, 0.2) is 40.5 Å². The highest BCUT2D eigenvalue weighted by Crippen LogP contribution is 2.29. The number of halogens is 6. The molecule has 0 atom stereocenters. The Hall–Kier alpha value is -2.92. The van der Waals surface area contributed by atoms with Gasteiger partial charge < -0.3 is 0 Å². The number of aromatic nitrogens is 4. The van der Waals surface area contributed by atoms with E-state index in [0.29, 0.717) is 28.0 Å². The summed E-state index contributed by atoms with van der Waals surface area (Å²) in [6.07, 6.45) is 2.87. The van der Waals surface area contributed by atoms with Gasteiger partial charge in [-0.1, -0.05) is 29.4 Å². The predicted molar refractivity (Wildman–Crippen MR) is 104 cm³/mol. The lowest BCUT2D eigenvalue weighted by Crippen LogP contribution is -2.21. The van der Waals surface area contributed by atoms with E-state index in [0.717, 1.165) is 0 Å². The van der Waals surface area contributed by atoms with Crippen LogP contribution in [0.3, 0.4) is 0 Å². The van der Waals surface area contributed by atoms with E-state index in [2.05, 4.69) is 10.2 Å². The first kappa shape index (κ1) is 21.3. The molecule has 0 aliphatic carbocycles. The smallest absolute Gasteiger partial charge is 0.279 e. The fourth-order valence-electron chi connectivity index (χ4n) is 2.93. The van der Waals surface area contributed by atoms with Crippen molar-refractivity contribution in [3.63, 3.8) is 0 Å². The van der Waals surface area contributed by atoms with Gasteiger partial charge in [0.25, 0.3) is 0 Å². The summed E-state index contributed by atoms with van der Waals surface area (Å²) in [6.45, 7) is 1.74. The van der Waals surface area contributed by atoms with Gasteiger partial charge in [0.05, 0.1) is 5.69 Å². The number of nitrogens with zero attached hydrogens (tertiary/aromatic N) is 4. The monoisotopic (exact) mass is 472 g/mol. The molecule has 4 rings (SSSR count). The van der Waals surface area contributed by atoms with Crippen molar-refractivity contribution in [2.75, 3.05) is 0 Å². The molecule has 0 unspecified atom stereocenters. The summed E-state index contributed by atoms with van der Waals surface area (Å²) in [5, 5.41) is 8.09. The third-order valence-corrected chi connectivity index (χ3v) is 5.96. The minimum atomic E-state index is -2.23. The molecule has 0 spiro atoms. The van der Waals surface area contributed by atoms with Crippen molar-refractivity contribution in [2.45, 2.75) is 17.8 Å². The van der Waals surface area contributed by atoms with Gasteiger partial charge >= 0.3 is 5.56 Å². The predicted octanol–water partition coefficient (Wildman–Crippen LogP) is 4.83. The average molecular weight is 473 g/mol. The van der Waals surface area contributed by atoms with Crippen LogP contribution in [-0.2, 0) is 5.75 Å². The Morgan fingerprint density at radius 1 is 0.968 bits per heavy atom. The molecular formula is C19H10ClF5N4OS. The Morgan fingerprint density at radius 2 is 1.61 bits per heavy atom. The van der Waals surface area contributed by atoms with E-state index in [1.807, 2.05) is 0 Å². The molecule has 2 aromatic carbocycles. The van der Waals surface area contributed by atoms with Crippen LogP contribution < -0.4 is 5.56 Å². The number of hydrogen-bond donors (Lipinski definition) is 0. The SMILES string of the molecule is Cc1c(Cl)cccc1-n1ccn2c(SCc3c(F)c(F)c(F)c(F)c3F)nnc2c1=O. The van der Waals surface area contributed by atoms with Crippen molar-refractivity contribution in [3.05, 3.63) is 86.2 Å². The average Bonchev–Trinajstić information content (AvgIpc) is 3.17. The Morgan fingerprint density at radius 3 is 2.29 bits per heavy atom. The maximum absolute atomic E-state index is 13.9. The second-order valence-corrected chi connectivity index (χ2v) is 7.72. The maximum atomic E-state index is 13.9. The zero-order chi connectivity index (χ0) is 22.4. The molecule has 0 aliphatic rings. The Bertz CT molecular complexity index is 1380. The van der Waals surface area contributed by atoms with Crippen LogP contribution in [0.1, 0.15) is 11.1 Å². The highest BCUT2D eigenvalue weighted by molar-refractivity contribution is 7.98. The minimum absolute atomic E-state index is 0.0333. The topological polar surface area (TPSA) is 52.2 Å². The summed E-state index contributed by atoms with van der Waals surface area (Å²) in [4.78, 5) is 12.8. The summed E-state index contributed by atoms with van der Waals surface area (Å²) in [7, 11) is 0. The van der Waals surface area contributed by atoms with E-state index in [9.17, 15) is 26.7 Å². The summed E-state index contributed by atoms with van der Waals surface area (Å²) >= 11 is 6.77. The molecule has 0 saturated carbocycles. The van der Waals surface area contributed by atoms with Gasteiger partial charge in [-0.2, -0.15) is 0 Å². The lowest BCUT2D eigenvalue weighted by Gasteiger charge is -2.10. The van der Waals surface area contributed by atoms with Crippen LogP contribution in [0.4, 0.5) is 22.0 Å². The number of benzene rings is 2. The lowest BCUT2D eigenvalue weighted by atomic mass is 10.2. The number of hydrogen-bond acceptors (Lipinski definition) is 4. The van der Waals surface area contributed by atoms with Crippen LogP contribution in [0.25, 0.3) is 11.3 Å². The number of thioether (sulfide) groups is 1. The third kappa shape index (κ3) is 3.47. The molecule has 4 aromatic rings. The van der Waals surface area contributed by atoms with Crippen LogP contribution in [0, 0.1) is 36.0 Å². The second-order valence-electron chi connectivity index (χ2n) is 6.37. The molecule has 0 radical (unpaired) electrons. The van der Waals surface area contributed by atoms with E-state index in [-0.39, 0.29) is 10.8 Å². The molecule has 0 fully saturated rings. The number of rotatable bonds is 4. The minimum Gasteiger partial charge on any atom is -0.279 e. The van der Waals surface area contributed by atoms with Gasteiger partial charge in [-0.3, -0.25) is 13.8 Å². The third-order valence-electron chi connectivity index (χ3n) is 4.58. The van der Waals surface area contributed by atoms with Crippen LogP contribution in [-0.4, -0.2) is 19.2 Å². The van der Waals surface area contributed by atoms with Gasteiger partial charge in [-0.25, -0.2) is 22.0 Å². The highest BCUT2D eigenvalue weighted by atomic mass is 35.5. The summed E-state index contributed by atoms with van der Waals surface area (Å²) < 4.78 is 70.3. The van der Waals surface area contributed by atoms with Gasteiger partial charge in [0, 0.05) is 28.7 Å². The first-order valence-corrected chi connectivity index (χ1v) is 9.93. The fraction of sp³-hybridized carbons (Fsp3) is 0.105. The Balaban J connectivity index is 1.71. The van der Waals surface area contributed by atoms with E-state index >= 15 is 0 Å². The van der Waals surface area contributed by atoms with E-state index < -0.39 is 46.0 Å². The first-order valence-electron chi connectivity index (χ1n) is 8.57. The first-order chi connectivity index (χ1) is 14.7.